The number of nitrogens with zero attached hydrogens (tertiary/aromatic N) is 3. The van der Waals surface area contributed by atoms with Gasteiger partial charge in [0.1, 0.15) is 0 Å². The molecule has 1 saturated heterocycles. The highest BCUT2D eigenvalue weighted by atomic mass is 79.9. The van der Waals surface area contributed by atoms with Gasteiger partial charge in [-0.25, -0.2) is 13.4 Å². The number of rotatable bonds is 6. The number of piperidine rings is 1. The van der Waals surface area contributed by atoms with Crippen LogP contribution in [-0.4, -0.2) is 35.4 Å². The van der Waals surface area contributed by atoms with Gasteiger partial charge in [0.2, 0.25) is 10.0 Å². The summed E-state index contributed by atoms with van der Waals surface area (Å²) in [6.07, 6.45) is 6.80. The summed E-state index contributed by atoms with van der Waals surface area (Å²) in [4.78, 5) is 5.32. The van der Waals surface area contributed by atoms with Crippen LogP contribution < -0.4 is 0 Å². The Morgan fingerprint density at radius 3 is 2.67 bits per heavy atom. The van der Waals surface area contributed by atoms with E-state index in [0.717, 1.165) is 52.1 Å². The SMILES string of the molecule is CC1CCCN(S(=O)(=O)c2ccc3c(c2)nc(SCc2cccc(Br)c2)n3C2CCCC2)C1. The average Bonchev–Trinajstić information content (AvgIpc) is 3.44. The molecule has 0 N–H and O–H groups in total. The van der Waals surface area contributed by atoms with Crippen molar-refractivity contribution in [3.05, 3.63) is 52.5 Å². The summed E-state index contributed by atoms with van der Waals surface area (Å²) in [7, 11) is -3.50. The molecular formula is C25H30BrN3O2S2. The van der Waals surface area contributed by atoms with Gasteiger partial charge >= 0.3 is 0 Å². The van der Waals surface area contributed by atoms with Crippen LogP contribution in [0.3, 0.4) is 0 Å². The molecular weight excluding hydrogens is 518 g/mol. The van der Waals surface area contributed by atoms with E-state index in [4.69, 9.17) is 4.98 Å². The van der Waals surface area contributed by atoms with E-state index in [-0.39, 0.29) is 0 Å². The number of thioether (sulfide) groups is 1. The summed E-state index contributed by atoms with van der Waals surface area (Å²) in [5.74, 6) is 1.23. The third kappa shape index (κ3) is 4.90. The topological polar surface area (TPSA) is 55.2 Å². The lowest BCUT2D eigenvalue weighted by Gasteiger charge is -2.30. The predicted octanol–water partition coefficient (Wildman–Crippen LogP) is 6.63. The first-order chi connectivity index (χ1) is 15.9. The van der Waals surface area contributed by atoms with Crippen LogP contribution in [-0.2, 0) is 15.8 Å². The van der Waals surface area contributed by atoms with Gasteiger partial charge in [-0.15, -0.1) is 0 Å². The van der Waals surface area contributed by atoms with E-state index in [1.54, 1.807) is 28.2 Å². The van der Waals surface area contributed by atoms with Crippen molar-refractivity contribution in [3.63, 3.8) is 0 Å². The molecule has 1 saturated carbocycles. The first kappa shape index (κ1) is 23.4. The summed E-state index contributed by atoms with van der Waals surface area (Å²) < 4.78 is 31.8. The van der Waals surface area contributed by atoms with Gasteiger partial charge in [-0.1, -0.05) is 59.6 Å². The van der Waals surface area contributed by atoms with E-state index in [0.29, 0.717) is 29.9 Å². The highest BCUT2D eigenvalue weighted by Crippen LogP contribution is 2.38. The minimum absolute atomic E-state index is 0.365. The number of aromatic nitrogens is 2. The third-order valence-electron chi connectivity index (χ3n) is 6.83. The van der Waals surface area contributed by atoms with E-state index >= 15 is 0 Å². The molecule has 2 aliphatic rings. The zero-order chi connectivity index (χ0) is 23.0. The zero-order valence-corrected chi connectivity index (χ0v) is 22.1. The summed E-state index contributed by atoms with van der Waals surface area (Å²) in [5.41, 5.74) is 3.07. The minimum Gasteiger partial charge on any atom is -0.316 e. The predicted molar refractivity (Wildman–Crippen MR) is 138 cm³/mol. The standard InChI is InChI=1S/C25H30BrN3O2S2/c1-18-6-5-13-28(16-18)33(30,31)22-11-12-24-23(15-22)27-25(29(24)21-9-2-3-10-21)32-17-19-7-4-8-20(26)14-19/h4,7-8,11-12,14-15,18,21H,2-3,5-6,9-10,13,16-17H2,1H3. The Morgan fingerprint density at radius 2 is 1.91 bits per heavy atom. The van der Waals surface area contributed by atoms with E-state index in [1.807, 2.05) is 12.1 Å². The van der Waals surface area contributed by atoms with Gasteiger partial charge in [-0.3, -0.25) is 0 Å². The second kappa shape index (κ2) is 9.72. The van der Waals surface area contributed by atoms with Gasteiger partial charge in [0.15, 0.2) is 5.16 Å². The highest BCUT2D eigenvalue weighted by Gasteiger charge is 2.30. The average molecular weight is 549 g/mol. The molecule has 0 bridgehead atoms. The van der Waals surface area contributed by atoms with Crippen molar-refractivity contribution in [3.8, 4) is 0 Å². The van der Waals surface area contributed by atoms with Crippen LogP contribution in [0.5, 0.6) is 0 Å². The van der Waals surface area contributed by atoms with E-state index in [2.05, 4.69) is 45.6 Å². The maximum atomic E-state index is 13.3. The van der Waals surface area contributed by atoms with Gasteiger partial charge in [0.25, 0.3) is 0 Å². The Morgan fingerprint density at radius 1 is 1.09 bits per heavy atom. The normalized spacial score (nSPS) is 20.6. The molecule has 0 amide bonds. The molecule has 3 aromatic rings. The molecule has 2 aromatic carbocycles. The van der Waals surface area contributed by atoms with E-state index in [1.165, 1.54) is 18.4 Å². The van der Waals surface area contributed by atoms with Crippen molar-refractivity contribution < 1.29 is 8.42 Å². The number of benzene rings is 2. The zero-order valence-electron chi connectivity index (χ0n) is 18.9. The highest BCUT2D eigenvalue weighted by molar-refractivity contribution is 9.10. The number of sulfonamides is 1. The monoisotopic (exact) mass is 547 g/mol. The Kier molecular flexibility index (Phi) is 6.89. The molecule has 2 fully saturated rings. The maximum absolute atomic E-state index is 13.3. The smallest absolute Gasteiger partial charge is 0.243 e. The third-order valence-corrected chi connectivity index (χ3v) is 10.2. The molecule has 5 rings (SSSR count). The lowest BCUT2D eigenvalue weighted by Crippen LogP contribution is -2.39. The maximum Gasteiger partial charge on any atom is 0.243 e. The number of fused-ring (bicyclic) bond motifs is 1. The Balaban J connectivity index is 1.49. The molecule has 1 atom stereocenters. The molecule has 2 heterocycles. The van der Waals surface area contributed by atoms with Crippen LogP contribution in [0.25, 0.3) is 11.0 Å². The van der Waals surface area contributed by atoms with E-state index in [9.17, 15) is 8.42 Å². The Bertz CT molecular complexity index is 1250. The Labute approximate surface area is 209 Å². The molecule has 1 aliphatic carbocycles. The molecule has 1 aliphatic heterocycles. The molecule has 176 valence electrons. The number of halogens is 1. The van der Waals surface area contributed by atoms with Gasteiger partial charge in [-0.05, 0) is 67.5 Å². The van der Waals surface area contributed by atoms with Gasteiger partial charge in [0, 0.05) is 29.4 Å². The second-order valence-electron chi connectivity index (χ2n) is 9.38. The van der Waals surface area contributed by atoms with Crippen molar-refractivity contribution in [2.24, 2.45) is 5.92 Å². The largest absolute Gasteiger partial charge is 0.316 e. The summed E-state index contributed by atoms with van der Waals surface area (Å²) >= 11 is 5.29. The van der Waals surface area contributed by atoms with Crippen LogP contribution in [0, 0.1) is 5.92 Å². The van der Waals surface area contributed by atoms with Gasteiger partial charge < -0.3 is 4.57 Å². The molecule has 0 spiro atoms. The molecule has 5 nitrogen and oxygen atoms in total. The van der Waals surface area contributed by atoms with Crippen molar-refractivity contribution in [2.75, 3.05) is 13.1 Å². The fraction of sp³-hybridized carbons (Fsp3) is 0.480. The second-order valence-corrected chi connectivity index (χ2v) is 13.2. The molecule has 1 aromatic heterocycles. The van der Waals surface area contributed by atoms with Crippen molar-refractivity contribution in [1.82, 2.24) is 13.9 Å². The number of imidazole rings is 1. The fourth-order valence-corrected chi connectivity index (χ4v) is 8.21. The fourth-order valence-electron chi connectivity index (χ4n) is 5.12. The lowest BCUT2D eigenvalue weighted by molar-refractivity contribution is 0.281. The minimum atomic E-state index is -3.50. The van der Waals surface area contributed by atoms with Crippen LogP contribution >= 0.6 is 27.7 Å². The quantitative estimate of drug-likeness (QED) is 0.325. The van der Waals surface area contributed by atoms with Crippen LogP contribution in [0.15, 0.2) is 57.0 Å². The first-order valence-electron chi connectivity index (χ1n) is 11.8. The van der Waals surface area contributed by atoms with Crippen molar-refractivity contribution in [2.45, 2.75) is 67.3 Å². The van der Waals surface area contributed by atoms with Gasteiger partial charge in [-0.2, -0.15) is 4.31 Å². The van der Waals surface area contributed by atoms with Crippen molar-refractivity contribution >= 4 is 48.7 Å². The first-order valence-corrected chi connectivity index (χ1v) is 15.0. The van der Waals surface area contributed by atoms with Crippen LogP contribution in [0.4, 0.5) is 0 Å². The summed E-state index contributed by atoms with van der Waals surface area (Å²) in [6, 6.07) is 14.3. The molecule has 33 heavy (non-hydrogen) atoms. The Hall–Kier alpha value is -1.35. The number of hydrogen-bond acceptors (Lipinski definition) is 4. The summed E-state index contributed by atoms with van der Waals surface area (Å²) in [6.45, 7) is 3.34. The van der Waals surface area contributed by atoms with Gasteiger partial charge in [0.05, 0.1) is 15.9 Å². The molecule has 8 heteroatoms. The summed E-state index contributed by atoms with van der Waals surface area (Å²) in [5, 5.41) is 0.984. The van der Waals surface area contributed by atoms with Crippen LogP contribution in [0.2, 0.25) is 0 Å². The van der Waals surface area contributed by atoms with Crippen molar-refractivity contribution in [1.29, 1.82) is 0 Å². The van der Waals surface area contributed by atoms with E-state index < -0.39 is 10.0 Å². The molecule has 0 radical (unpaired) electrons. The number of hydrogen-bond donors (Lipinski definition) is 0. The molecule has 1 unspecified atom stereocenters. The van der Waals surface area contributed by atoms with Crippen LogP contribution in [0.1, 0.15) is 57.1 Å². The lowest BCUT2D eigenvalue weighted by atomic mass is 10.0.